The zero-order valence-electron chi connectivity index (χ0n) is 13.8. The first-order valence-electron chi connectivity index (χ1n) is 7.60. The molecule has 0 radical (unpaired) electrons. The lowest BCUT2D eigenvalue weighted by atomic mass is 9.81. The Morgan fingerprint density at radius 1 is 1.05 bits per heavy atom. The molecule has 0 saturated heterocycles. The summed E-state index contributed by atoms with van der Waals surface area (Å²) in [6, 6.07) is 10.4. The number of hydrogen-bond acceptors (Lipinski definition) is 2. The Hall–Kier alpha value is -1.61. The van der Waals surface area contributed by atoms with Crippen LogP contribution < -0.4 is 5.32 Å². The first-order valence-corrected chi connectivity index (χ1v) is 7.60. The van der Waals surface area contributed by atoms with E-state index in [2.05, 4.69) is 74.4 Å². The van der Waals surface area contributed by atoms with Gasteiger partial charge in [0, 0.05) is 17.6 Å². The summed E-state index contributed by atoms with van der Waals surface area (Å²) in [7, 11) is 0. The molecule has 0 amide bonds. The molecule has 1 aromatic carbocycles. The number of hydrogen-bond donors (Lipinski definition) is 2. The van der Waals surface area contributed by atoms with Crippen molar-refractivity contribution in [1.29, 1.82) is 0 Å². The van der Waals surface area contributed by atoms with Gasteiger partial charge in [0.05, 0.1) is 11.9 Å². The lowest BCUT2D eigenvalue weighted by Crippen LogP contribution is -2.41. The fourth-order valence-electron chi connectivity index (χ4n) is 3.02. The maximum atomic E-state index is 4.21. The molecule has 0 spiro atoms. The molecule has 0 atom stereocenters. The average molecular weight is 285 g/mol. The highest BCUT2D eigenvalue weighted by Crippen LogP contribution is 2.28. The van der Waals surface area contributed by atoms with E-state index in [0.29, 0.717) is 5.41 Å². The van der Waals surface area contributed by atoms with Crippen LogP contribution in [0, 0.1) is 5.41 Å². The molecule has 0 unspecified atom stereocenters. The van der Waals surface area contributed by atoms with Crippen molar-refractivity contribution in [3.05, 3.63) is 42.1 Å². The first kappa shape index (κ1) is 15.8. The minimum Gasteiger partial charge on any atom is -0.308 e. The van der Waals surface area contributed by atoms with Crippen LogP contribution in [-0.2, 0) is 6.54 Å². The molecule has 114 valence electrons. The normalized spacial score (nSPS) is 12.6. The second-order valence-electron chi connectivity index (χ2n) is 7.61. The summed E-state index contributed by atoms with van der Waals surface area (Å²) in [5.41, 5.74) is 3.91. The summed E-state index contributed by atoms with van der Waals surface area (Å²) in [4.78, 5) is 0. The number of H-pyrrole nitrogens is 1. The van der Waals surface area contributed by atoms with Crippen LogP contribution >= 0.6 is 0 Å². The Balaban J connectivity index is 2.07. The van der Waals surface area contributed by atoms with E-state index in [1.165, 1.54) is 11.1 Å². The third kappa shape index (κ3) is 4.71. The molecule has 3 nitrogen and oxygen atoms in total. The molecule has 2 N–H and O–H groups in total. The van der Waals surface area contributed by atoms with Crippen LogP contribution in [0.1, 0.15) is 46.6 Å². The van der Waals surface area contributed by atoms with Gasteiger partial charge in [-0.2, -0.15) is 5.10 Å². The van der Waals surface area contributed by atoms with Gasteiger partial charge in [-0.25, -0.2) is 0 Å². The maximum absolute atomic E-state index is 4.21. The topological polar surface area (TPSA) is 40.7 Å². The Kier molecular flexibility index (Phi) is 4.52. The molecule has 0 bridgehead atoms. The van der Waals surface area contributed by atoms with E-state index in [4.69, 9.17) is 0 Å². The smallest absolute Gasteiger partial charge is 0.0695 e. The van der Waals surface area contributed by atoms with Gasteiger partial charge < -0.3 is 5.32 Å². The Morgan fingerprint density at radius 3 is 2.33 bits per heavy atom. The van der Waals surface area contributed by atoms with Gasteiger partial charge in [-0.15, -0.1) is 0 Å². The molecule has 1 aromatic heterocycles. The van der Waals surface area contributed by atoms with Gasteiger partial charge in [0.25, 0.3) is 0 Å². The lowest BCUT2D eigenvalue weighted by Gasteiger charge is -2.33. The fraction of sp³-hybridized carbons (Fsp3) is 0.500. The standard InChI is InChI=1S/C18H27N3/c1-17(2,3)13-18(4,5)19-11-15-12-20-21-16(15)14-9-7-6-8-10-14/h6-10,12,19H,11,13H2,1-5H3,(H,20,21). The highest BCUT2D eigenvalue weighted by atomic mass is 15.1. The molecule has 2 rings (SSSR count). The summed E-state index contributed by atoms with van der Waals surface area (Å²) in [6.45, 7) is 12.2. The molecule has 2 aromatic rings. The number of nitrogens with zero attached hydrogens (tertiary/aromatic N) is 1. The van der Waals surface area contributed by atoms with Crippen LogP contribution in [0.5, 0.6) is 0 Å². The third-order valence-corrected chi connectivity index (χ3v) is 3.51. The SMILES string of the molecule is CC(C)(C)CC(C)(C)NCc1cn[nH]c1-c1ccccc1. The predicted molar refractivity (Wildman–Crippen MR) is 89.0 cm³/mol. The van der Waals surface area contributed by atoms with Crippen molar-refractivity contribution in [1.82, 2.24) is 15.5 Å². The predicted octanol–water partition coefficient (Wildman–Crippen LogP) is 4.38. The summed E-state index contributed by atoms with van der Waals surface area (Å²) in [5.74, 6) is 0. The number of aromatic nitrogens is 2. The van der Waals surface area contributed by atoms with Gasteiger partial charge in [0.2, 0.25) is 0 Å². The van der Waals surface area contributed by atoms with Crippen LogP contribution in [0.3, 0.4) is 0 Å². The highest BCUT2D eigenvalue weighted by Gasteiger charge is 2.25. The van der Waals surface area contributed by atoms with Crippen molar-refractivity contribution in [2.24, 2.45) is 5.41 Å². The number of nitrogens with one attached hydrogen (secondary N) is 2. The minimum absolute atomic E-state index is 0.101. The number of benzene rings is 1. The van der Waals surface area contributed by atoms with Crippen molar-refractivity contribution in [2.75, 3.05) is 0 Å². The van der Waals surface area contributed by atoms with Crippen molar-refractivity contribution < 1.29 is 0 Å². The third-order valence-electron chi connectivity index (χ3n) is 3.51. The molecule has 1 heterocycles. The van der Waals surface area contributed by atoms with Gasteiger partial charge in [0.15, 0.2) is 0 Å². The Bertz CT molecular complexity index is 562. The number of aromatic amines is 1. The molecule has 0 saturated carbocycles. The van der Waals surface area contributed by atoms with Gasteiger partial charge in [-0.1, -0.05) is 51.1 Å². The zero-order valence-corrected chi connectivity index (χ0v) is 13.8. The van der Waals surface area contributed by atoms with E-state index in [1.807, 2.05) is 12.3 Å². The summed E-state index contributed by atoms with van der Waals surface area (Å²) < 4.78 is 0. The van der Waals surface area contributed by atoms with E-state index >= 15 is 0 Å². The molecular weight excluding hydrogens is 258 g/mol. The maximum Gasteiger partial charge on any atom is 0.0695 e. The molecule has 3 heteroatoms. The molecule has 0 fully saturated rings. The van der Waals surface area contributed by atoms with E-state index in [-0.39, 0.29) is 5.54 Å². The van der Waals surface area contributed by atoms with Crippen molar-refractivity contribution in [2.45, 2.75) is 53.1 Å². The van der Waals surface area contributed by atoms with Gasteiger partial charge in [-0.05, 0) is 31.2 Å². The van der Waals surface area contributed by atoms with Gasteiger partial charge in [-0.3, -0.25) is 5.10 Å². The first-order chi connectivity index (χ1) is 9.77. The molecule has 0 aliphatic heterocycles. The Labute approximate surface area is 128 Å². The van der Waals surface area contributed by atoms with Crippen molar-refractivity contribution in [3.8, 4) is 11.3 Å². The van der Waals surface area contributed by atoms with Crippen molar-refractivity contribution >= 4 is 0 Å². The molecule has 21 heavy (non-hydrogen) atoms. The summed E-state index contributed by atoms with van der Waals surface area (Å²) in [5, 5.41) is 11.0. The monoisotopic (exact) mass is 285 g/mol. The van der Waals surface area contributed by atoms with Crippen molar-refractivity contribution in [3.63, 3.8) is 0 Å². The van der Waals surface area contributed by atoms with Crippen LogP contribution in [0.15, 0.2) is 36.5 Å². The van der Waals surface area contributed by atoms with E-state index < -0.39 is 0 Å². The van der Waals surface area contributed by atoms with E-state index in [0.717, 1.165) is 18.7 Å². The second kappa shape index (κ2) is 6.02. The van der Waals surface area contributed by atoms with Gasteiger partial charge in [0.1, 0.15) is 0 Å². The highest BCUT2D eigenvalue weighted by molar-refractivity contribution is 5.62. The summed E-state index contributed by atoms with van der Waals surface area (Å²) in [6.07, 6.45) is 3.04. The number of rotatable bonds is 5. The van der Waals surface area contributed by atoms with Crippen LogP contribution in [-0.4, -0.2) is 15.7 Å². The van der Waals surface area contributed by atoms with Crippen LogP contribution in [0.4, 0.5) is 0 Å². The minimum atomic E-state index is 0.101. The Morgan fingerprint density at radius 2 is 1.71 bits per heavy atom. The van der Waals surface area contributed by atoms with Crippen LogP contribution in [0.2, 0.25) is 0 Å². The molecule has 0 aliphatic rings. The van der Waals surface area contributed by atoms with Crippen LogP contribution in [0.25, 0.3) is 11.3 Å². The van der Waals surface area contributed by atoms with E-state index in [1.54, 1.807) is 0 Å². The average Bonchev–Trinajstić information content (AvgIpc) is 2.83. The molecular formula is C18H27N3. The lowest BCUT2D eigenvalue weighted by molar-refractivity contribution is 0.241. The van der Waals surface area contributed by atoms with E-state index in [9.17, 15) is 0 Å². The fourth-order valence-corrected chi connectivity index (χ4v) is 3.02. The zero-order chi connectivity index (χ0) is 15.5. The van der Waals surface area contributed by atoms with Gasteiger partial charge >= 0.3 is 0 Å². The molecule has 0 aliphatic carbocycles. The summed E-state index contributed by atoms with van der Waals surface area (Å²) >= 11 is 0. The quantitative estimate of drug-likeness (QED) is 0.856. The second-order valence-corrected chi connectivity index (χ2v) is 7.61. The largest absolute Gasteiger partial charge is 0.308 e.